The zero-order valence-corrected chi connectivity index (χ0v) is 18.9. The summed E-state index contributed by atoms with van der Waals surface area (Å²) in [5.74, 6) is -3.18. The first-order chi connectivity index (χ1) is 17.3. The summed E-state index contributed by atoms with van der Waals surface area (Å²) in [6, 6.07) is 5.68. The van der Waals surface area contributed by atoms with Crippen molar-refractivity contribution in [2.45, 2.75) is 37.5 Å². The molecule has 3 atom stereocenters. The minimum atomic E-state index is -5.19. The van der Waals surface area contributed by atoms with E-state index in [0.717, 1.165) is 17.6 Å². The number of carbonyl (C=O) groups is 2. The molecule has 37 heavy (non-hydrogen) atoms. The number of amides is 1. The predicted molar refractivity (Wildman–Crippen MR) is 111 cm³/mol. The van der Waals surface area contributed by atoms with Gasteiger partial charge in [-0.15, -0.1) is 0 Å². The van der Waals surface area contributed by atoms with Gasteiger partial charge in [0, 0.05) is 24.4 Å². The third-order valence-corrected chi connectivity index (χ3v) is 5.53. The molecule has 3 aromatic heterocycles. The molecule has 0 radical (unpaired) electrons. The summed E-state index contributed by atoms with van der Waals surface area (Å²) < 4.78 is 74.2. The molecule has 3 aromatic rings. The van der Waals surface area contributed by atoms with Gasteiger partial charge in [0.25, 0.3) is 5.91 Å². The van der Waals surface area contributed by atoms with Crippen molar-refractivity contribution in [3.63, 3.8) is 0 Å². The molecule has 0 aromatic carbocycles. The number of H-pyrrole nitrogens is 1. The van der Waals surface area contributed by atoms with Gasteiger partial charge in [-0.05, 0) is 18.2 Å². The minimum Gasteiger partial charge on any atom is -0.542 e. The number of carboxylic acid groups (broad SMARTS) is 1. The number of pyridine rings is 2. The van der Waals surface area contributed by atoms with Crippen LogP contribution < -0.4 is 19.7 Å². The summed E-state index contributed by atoms with van der Waals surface area (Å²) in [5, 5.41) is 20.6. The second-order valence-electron chi connectivity index (χ2n) is 8.25. The van der Waals surface area contributed by atoms with E-state index in [1.165, 1.54) is 18.3 Å². The lowest BCUT2D eigenvalue weighted by Crippen LogP contribution is -3.09. The topological polar surface area (TPSA) is 127 Å². The summed E-state index contributed by atoms with van der Waals surface area (Å²) in [6.45, 7) is 1.89. The number of halogens is 6. The van der Waals surface area contributed by atoms with E-state index in [2.05, 4.69) is 15.3 Å². The Bertz CT molecular complexity index is 1230. The van der Waals surface area contributed by atoms with E-state index in [0.29, 0.717) is 30.9 Å². The summed E-state index contributed by atoms with van der Waals surface area (Å²) in [4.78, 5) is 29.5. The number of quaternary nitrogens is 1. The van der Waals surface area contributed by atoms with Crippen molar-refractivity contribution in [1.82, 2.24) is 15.3 Å². The van der Waals surface area contributed by atoms with E-state index >= 15 is 0 Å². The van der Waals surface area contributed by atoms with E-state index in [1.54, 1.807) is 28.8 Å². The fourth-order valence-corrected chi connectivity index (χ4v) is 3.86. The van der Waals surface area contributed by atoms with Crippen LogP contribution in [0, 0.1) is 0 Å². The average Bonchev–Trinajstić information content (AvgIpc) is 3.40. The fraction of sp³-hybridized carbons (Fsp3) is 0.364. The Kier molecular flexibility index (Phi) is 8.38. The number of aromatic amines is 1. The van der Waals surface area contributed by atoms with Gasteiger partial charge >= 0.3 is 18.2 Å². The summed E-state index contributed by atoms with van der Waals surface area (Å²) in [5.41, 5.74) is 0.400. The lowest BCUT2D eigenvalue weighted by atomic mass is 10.1. The van der Waals surface area contributed by atoms with Gasteiger partial charge < -0.3 is 25.2 Å². The van der Waals surface area contributed by atoms with Gasteiger partial charge in [-0.3, -0.25) is 9.78 Å². The number of likely N-dealkylation sites (tertiary alicyclic amines) is 1. The maximum Gasteiger partial charge on any atom is 0.430 e. The number of carboxylic acids is 1. The first-order valence-corrected chi connectivity index (χ1v) is 10.9. The molecular formula is C22H22F6N5O4+. The number of hydrogen-bond acceptors (Lipinski definition) is 5. The second-order valence-corrected chi connectivity index (χ2v) is 8.25. The third-order valence-electron chi connectivity index (χ3n) is 5.53. The molecular weight excluding hydrogens is 512 g/mol. The molecule has 4 rings (SSSR count). The Labute approximate surface area is 205 Å². The Morgan fingerprint density at radius 3 is 2.46 bits per heavy atom. The van der Waals surface area contributed by atoms with Crippen LogP contribution in [-0.4, -0.2) is 58.5 Å². The van der Waals surface area contributed by atoms with Crippen LogP contribution in [0.1, 0.15) is 34.3 Å². The van der Waals surface area contributed by atoms with E-state index in [4.69, 9.17) is 9.90 Å². The molecule has 1 aliphatic heterocycles. The number of carbonyl (C=O) groups excluding carboxylic acids is 2. The van der Waals surface area contributed by atoms with Gasteiger partial charge in [-0.1, -0.05) is 12.1 Å². The molecule has 1 aliphatic rings. The van der Waals surface area contributed by atoms with Crippen molar-refractivity contribution in [2.75, 3.05) is 13.1 Å². The first-order valence-electron chi connectivity index (χ1n) is 10.9. The highest BCUT2D eigenvalue weighted by Gasteiger charge is 2.43. The van der Waals surface area contributed by atoms with Gasteiger partial charge in [0.15, 0.2) is 18.1 Å². The lowest BCUT2D eigenvalue weighted by molar-refractivity contribution is -0.908. The first kappa shape index (κ1) is 27.9. The molecule has 200 valence electrons. The van der Waals surface area contributed by atoms with Crippen molar-refractivity contribution in [1.29, 1.82) is 0 Å². The van der Waals surface area contributed by atoms with Gasteiger partial charge in [-0.25, -0.2) is 4.98 Å². The van der Waals surface area contributed by atoms with Crippen LogP contribution >= 0.6 is 0 Å². The number of imidazole rings is 1. The van der Waals surface area contributed by atoms with E-state index in [9.17, 15) is 36.2 Å². The highest BCUT2D eigenvalue weighted by Crippen LogP contribution is 2.32. The zero-order chi connectivity index (χ0) is 27.4. The molecule has 4 N–H and O–H groups in total. The second kappa shape index (κ2) is 11.1. The summed E-state index contributed by atoms with van der Waals surface area (Å²) in [7, 11) is 0. The maximum absolute atomic E-state index is 13.6. The van der Waals surface area contributed by atoms with Gasteiger partial charge in [0.1, 0.15) is 18.6 Å². The van der Waals surface area contributed by atoms with Crippen molar-refractivity contribution in [3.8, 4) is 0 Å². The number of aliphatic carboxylic acids is 1. The van der Waals surface area contributed by atoms with Crippen LogP contribution in [0.5, 0.6) is 0 Å². The molecule has 4 heterocycles. The molecule has 1 fully saturated rings. The molecule has 0 spiro atoms. The number of nitrogens with zero attached hydrogens (tertiary/aromatic N) is 2. The van der Waals surface area contributed by atoms with Gasteiger partial charge in [0.2, 0.25) is 5.69 Å². The Balaban J connectivity index is 0.000000479. The number of nitrogens with one attached hydrogen (secondary N) is 3. The molecule has 15 heteroatoms. The van der Waals surface area contributed by atoms with Gasteiger partial charge in [-0.2, -0.15) is 30.7 Å². The van der Waals surface area contributed by atoms with Crippen molar-refractivity contribution < 1.29 is 55.4 Å². The monoisotopic (exact) mass is 534 g/mol. The maximum atomic E-state index is 13.6. The number of aliphatic hydroxyl groups is 1. The van der Waals surface area contributed by atoms with E-state index < -0.39 is 30.3 Å². The molecule has 0 aliphatic carbocycles. The molecule has 0 saturated carbocycles. The largest absolute Gasteiger partial charge is 0.542 e. The van der Waals surface area contributed by atoms with Crippen molar-refractivity contribution in [3.05, 3.63) is 66.0 Å². The minimum absolute atomic E-state index is 0.0582. The molecule has 3 unspecified atom stereocenters. The molecule has 1 saturated heterocycles. The molecule has 9 nitrogen and oxygen atoms in total. The van der Waals surface area contributed by atoms with E-state index in [1.807, 2.05) is 0 Å². The Morgan fingerprint density at radius 2 is 1.92 bits per heavy atom. The van der Waals surface area contributed by atoms with Crippen LogP contribution in [0.15, 0.2) is 48.9 Å². The van der Waals surface area contributed by atoms with Crippen LogP contribution in [0.2, 0.25) is 0 Å². The smallest absolute Gasteiger partial charge is 0.430 e. The highest BCUT2D eigenvalue weighted by molar-refractivity contribution is 5.98. The number of fused-ring (bicyclic) bond motifs is 1. The number of aromatic nitrogens is 3. The third kappa shape index (κ3) is 7.16. The number of aliphatic hydroxyl groups excluding tert-OH is 1. The SMILES string of the molecule is O=C(NC(c1cccnc1)C(F)(F)F)c1[nH]c(C[NH+]2CCC(O)C2)[n+]2ccccc12.O=C([O-])C(F)(F)F. The normalized spacial score (nSPS) is 18.7. The van der Waals surface area contributed by atoms with Crippen molar-refractivity contribution in [2.24, 2.45) is 0 Å². The predicted octanol–water partition coefficient (Wildman–Crippen LogP) is -0.370. The van der Waals surface area contributed by atoms with Crippen LogP contribution in [0.25, 0.3) is 5.52 Å². The van der Waals surface area contributed by atoms with Crippen LogP contribution in [0.3, 0.4) is 0 Å². The molecule has 0 bridgehead atoms. The fourth-order valence-electron chi connectivity index (χ4n) is 3.86. The van der Waals surface area contributed by atoms with Gasteiger partial charge in [0.05, 0.1) is 12.7 Å². The lowest BCUT2D eigenvalue weighted by Gasteiger charge is -2.20. The summed E-state index contributed by atoms with van der Waals surface area (Å²) in [6.07, 6.45) is -5.31. The zero-order valence-electron chi connectivity index (χ0n) is 18.9. The number of hydrogen-bond donors (Lipinski definition) is 4. The number of rotatable bonds is 5. The molecule has 1 amide bonds. The summed E-state index contributed by atoms with van der Waals surface area (Å²) >= 11 is 0. The Hall–Kier alpha value is -3.72. The Morgan fingerprint density at radius 1 is 1.22 bits per heavy atom. The average molecular weight is 534 g/mol. The van der Waals surface area contributed by atoms with Crippen LogP contribution in [-0.2, 0) is 11.3 Å². The van der Waals surface area contributed by atoms with Crippen LogP contribution in [0.4, 0.5) is 26.3 Å². The quantitative estimate of drug-likeness (QED) is 0.263. The standard InChI is InChI=1S/C20H20F3N5O2.C2HF3O2/c21-20(22,23)18(13-4-3-7-24-10-13)26-19(30)17-15-5-1-2-8-28(15)16(25-17)12-27-9-6-14(29)11-27;3-2(4,5)1(6)7/h1-5,7-8,10,14,18,29H,6,9,11-12H2,(H,26,30);(H,6,7)/p+1. The number of alkyl halides is 6. The highest BCUT2D eigenvalue weighted by atomic mass is 19.4. The van der Waals surface area contributed by atoms with Crippen molar-refractivity contribution >= 4 is 17.4 Å². The van der Waals surface area contributed by atoms with E-state index in [-0.39, 0.29) is 17.4 Å².